The molecule has 0 aromatic heterocycles. The Kier molecular flexibility index (Phi) is 4.10. The SMILES string of the molecule is COc1cc(C=CCC(=O)O)ccc1C#N. The van der Waals surface area contributed by atoms with Gasteiger partial charge in [-0.2, -0.15) is 5.26 Å². The molecule has 1 N–H and O–H groups in total. The molecule has 0 saturated carbocycles. The van der Waals surface area contributed by atoms with E-state index < -0.39 is 5.97 Å². The van der Waals surface area contributed by atoms with Gasteiger partial charge in [-0.1, -0.05) is 18.2 Å². The molecule has 0 aliphatic heterocycles. The van der Waals surface area contributed by atoms with Crippen molar-refractivity contribution in [3.63, 3.8) is 0 Å². The van der Waals surface area contributed by atoms with Crippen molar-refractivity contribution < 1.29 is 14.6 Å². The molecule has 0 heterocycles. The summed E-state index contributed by atoms with van der Waals surface area (Å²) in [5.74, 6) is -0.392. The third-order valence-corrected chi connectivity index (χ3v) is 1.95. The summed E-state index contributed by atoms with van der Waals surface area (Å²) in [7, 11) is 1.49. The standard InChI is InChI=1S/C12H11NO3/c1-16-11-7-9(3-2-4-12(14)15)5-6-10(11)8-13/h2-3,5-7H,4H2,1H3,(H,14,15). The molecule has 0 fully saturated rings. The fourth-order valence-corrected chi connectivity index (χ4v) is 1.20. The molecule has 4 heteroatoms. The van der Waals surface area contributed by atoms with E-state index in [9.17, 15) is 4.79 Å². The molecule has 1 aromatic carbocycles. The van der Waals surface area contributed by atoms with Gasteiger partial charge in [-0.25, -0.2) is 0 Å². The van der Waals surface area contributed by atoms with E-state index in [0.717, 1.165) is 5.56 Å². The molecule has 16 heavy (non-hydrogen) atoms. The van der Waals surface area contributed by atoms with Crippen LogP contribution in [0.25, 0.3) is 6.08 Å². The number of ether oxygens (including phenoxy) is 1. The molecule has 0 bridgehead atoms. The first-order valence-electron chi connectivity index (χ1n) is 4.64. The van der Waals surface area contributed by atoms with Gasteiger partial charge in [-0.15, -0.1) is 0 Å². The Morgan fingerprint density at radius 1 is 1.62 bits per heavy atom. The van der Waals surface area contributed by atoms with Gasteiger partial charge < -0.3 is 9.84 Å². The Balaban J connectivity index is 2.88. The minimum atomic E-state index is -0.878. The molecule has 0 aliphatic rings. The zero-order valence-corrected chi connectivity index (χ0v) is 8.80. The van der Waals surface area contributed by atoms with Gasteiger partial charge in [-0.3, -0.25) is 4.79 Å². The molecule has 4 nitrogen and oxygen atoms in total. The van der Waals surface area contributed by atoms with E-state index in [0.29, 0.717) is 11.3 Å². The molecular formula is C12H11NO3. The number of aliphatic carboxylic acids is 1. The van der Waals surface area contributed by atoms with Crippen LogP contribution < -0.4 is 4.74 Å². The summed E-state index contributed by atoms with van der Waals surface area (Å²) in [4.78, 5) is 10.3. The van der Waals surface area contributed by atoms with Crippen molar-refractivity contribution in [3.05, 3.63) is 35.4 Å². The van der Waals surface area contributed by atoms with Crippen LogP contribution in [-0.4, -0.2) is 18.2 Å². The van der Waals surface area contributed by atoms with Crippen LogP contribution in [0, 0.1) is 11.3 Å². The van der Waals surface area contributed by atoms with Crippen LogP contribution in [0.5, 0.6) is 5.75 Å². The molecule has 0 atom stereocenters. The third kappa shape index (κ3) is 3.14. The van der Waals surface area contributed by atoms with Crippen LogP contribution >= 0.6 is 0 Å². The predicted molar refractivity (Wildman–Crippen MR) is 59.0 cm³/mol. The molecule has 1 aromatic rings. The minimum absolute atomic E-state index is 0.0255. The van der Waals surface area contributed by atoms with Gasteiger partial charge in [0.15, 0.2) is 0 Å². The number of carboxylic acid groups (broad SMARTS) is 1. The fourth-order valence-electron chi connectivity index (χ4n) is 1.20. The maximum atomic E-state index is 10.3. The van der Waals surface area contributed by atoms with Crippen LogP contribution in [0.4, 0.5) is 0 Å². The Bertz CT molecular complexity index is 458. The molecule has 0 saturated heterocycles. The maximum Gasteiger partial charge on any atom is 0.307 e. The monoisotopic (exact) mass is 217 g/mol. The van der Waals surface area contributed by atoms with Crippen molar-refractivity contribution in [3.8, 4) is 11.8 Å². The van der Waals surface area contributed by atoms with Crippen molar-refractivity contribution >= 4 is 12.0 Å². The lowest BCUT2D eigenvalue weighted by Crippen LogP contribution is -1.90. The lowest BCUT2D eigenvalue weighted by Gasteiger charge is -2.02. The number of carbonyl (C=O) groups is 1. The lowest BCUT2D eigenvalue weighted by atomic mass is 10.1. The van der Waals surface area contributed by atoms with Gasteiger partial charge >= 0.3 is 5.97 Å². The van der Waals surface area contributed by atoms with Crippen molar-refractivity contribution in [1.82, 2.24) is 0 Å². The Hall–Kier alpha value is -2.28. The predicted octanol–water partition coefficient (Wildman–Crippen LogP) is 2.05. The van der Waals surface area contributed by atoms with E-state index >= 15 is 0 Å². The lowest BCUT2D eigenvalue weighted by molar-refractivity contribution is -0.135. The van der Waals surface area contributed by atoms with Gasteiger partial charge in [0.25, 0.3) is 0 Å². The molecule has 0 aliphatic carbocycles. The zero-order valence-electron chi connectivity index (χ0n) is 8.80. The van der Waals surface area contributed by atoms with E-state index in [1.807, 2.05) is 6.07 Å². The zero-order chi connectivity index (χ0) is 12.0. The Morgan fingerprint density at radius 3 is 2.94 bits per heavy atom. The number of hydrogen-bond donors (Lipinski definition) is 1. The smallest absolute Gasteiger partial charge is 0.307 e. The molecule has 0 unspecified atom stereocenters. The van der Waals surface area contributed by atoms with Crippen LogP contribution in [-0.2, 0) is 4.79 Å². The normalized spacial score (nSPS) is 10.0. The quantitative estimate of drug-likeness (QED) is 0.837. The highest BCUT2D eigenvalue weighted by molar-refractivity contribution is 5.70. The summed E-state index contributed by atoms with van der Waals surface area (Å²) >= 11 is 0. The van der Waals surface area contributed by atoms with Crippen molar-refractivity contribution in [2.75, 3.05) is 7.11 Å². The van der Waals surface area contributed by atoms with E-state index in [1.54, 1.807) is 30.4 Å². The van der Waals surface area contributed by atoms with E-state index in [2.05, 4.69) is 0 Å². The topological polar surface area (TPSA) is 70.3 Å². The highest BCUT2D eigenvalue weighted by atomic mass is 16.5. The number of methoxy groups -OCH3 is 1. The van der Waals surface area contributed by atoms with Crippen LogP contribution in [0.15, 0.2) is 24.3 Å². The number of carboxylic acids is 1. The van der Waals surface area contributed by atoms with Gasteiger partial charge in [0.05, 0.1) is 19.1 Å². The highest BCUT2D eigenvalue weighted by Gasteiger charge is 2.01. The first-order valence-corrected chi connectivity index (χ1v) is 4.64. The summed E-state index contributed by atoms with van der Waals surface area (Å²) in [5.41, 5.74) is 1.26. The Morgan fingerprint density at radius 2 is 2.38 bits per heavy atom. The number of nitriles is 1. The molecule has 82 valence electrons. The minimum Gasteiger partial charge on any atom is -0.495 e. The summed E-state index contributed by atoms with van der Waals surface area (Å²) in [6, 6.07) is 7.07. The van der Waals surface area contributed by atoms with Crippen LogP contribution in [0.2, 0.25) is 0 Å². The average molecular weight is 217 g/mol. The van der Waals surface area contributed by atoms with Crippen molar-refractivity contribution in [2.24, 2.45) is 0 Å². The van der Waals surface area contributed by atoms with E-state index in [1.165, 1.54) is 7.11 Å². The summed E-state index contributed by atoms with van der Waals surface area (Å²) < 4.78 is 5.03. The molecule has 0 spiro atoms. The number of nitrogens with zero attached hydrogens (tertiary/aromatic N) is 1. The van der Waals surface area contributed by atoms with E-state index in [-0.39, 0.29) is 6.42 Å². The number of benzene rings is 1. The summed E-state index contributed by atoms with van der Waals surface area (Å²) in [6.07, 6.45) is 3.20. The van der Waals surface area contributed by atoms with Crippen LogP contribution in [0.3, 0.4) is 0 Å². The van der Waals surface area contributed by atoms with Gasteiger partial charge in [0.2, 0.25) is 0 Å². The van der Waals surface area contributed by atoms with Crippen LogP contribution in [0.1, 0.15) is 17.5 Å². The fraction of sp³-hybridized carbons (Fsp3) is 0.167. The Labute approximate surface area is 93.4 Å². The average Bonchev–Trinajstić information content (AvgIpc) is 2.28. The summed E-state index contributed by atoms with van der Waals surface area (Å²) in [5, 5.41) is 17.2. The van der Waals surface area contributed by atoms with Crippen molar-refractivity contribution in [1.29, 1.82) is 5.26 Å². The first-order chi connectivity index (χ1) is 7.67. The second-order valence-electron chi connectivity index (χ2n) is 3.07. The second-order valence-corrected chi connectivity index (χ2v) is 3.07. The second kappa shape index (κ2) is 5.56. The molecule has 1 rings (SSSR count). The third-order valence-electron chi connectivity index (χ3n) is 1.95. The number of hydrogen-bond acceptors (Lipinski definition) is 3. The molecule has 0 radical (unpaired) electrons. The summed E-state index contributed by atoms with van der Waals surface area (Å²) in [6.45, 7) is 0. The first kappa shape index (κ1) is 11.8. The largest absolute Gasteiger partial charge is 0.495 e. The van der Waals surface area contributed by atoms with E-state index in [4.69, 9.17) is 15.1 Å². The molecular weight excluding hydrogens is 206 g/mol. The maximum absolute atomic E-state index is 10.3. The number of rotatable bonds is 4. The van der Waals surface area contributed by atoms with Gasteiger partial charge in [0.1, 0.15) is 11.8 Å². The highest BCUT2D eigenvalue weighted by Crippen LogP contribution is 2.19. The van der Waals surface area contributed by atoms with Gasteiger partial charge in [0, 0.05) is 0 Å². The van der Waals surface area contributed by atoms with Gasteiger partial charge in [-0.05, 0) is 17.7 Å². The van der Waals surface area contributed by atoms with Crippen molar-refractivity contribution in [2.45, 2.75) is 6.42 Å². The molecule has 0 amide bonds.